The molecule has 108 valence electrons. The van der Waals surface area contributed by atoms with Crippen molar-refractivity contribution in [3.05, 3.63) is 47.8 Å². The Bertz CT molecular complexity index is 566. The van der Waals surface area contributed by atoms with Gasteiger partial charge in [-0.25, -0.2) is 9.37 Å². The average molecular weight is 277 g/mol. The van der Waals surface area contributed by atoms with Crippen LogP contribution >= 0.6 is 0 Å². The summed E-state index contributed by atoms with van der Waals surface area (Å²) in [4.78, 5) is 4.16. The van der Waals surface area contributed by atoms with E-state index in [-0.39, 0.29) is 12.4 Å². The van der Waals surface area contributed by atoms with Crippen molar-refractivity contribution >= 4 is 0 Å². The lowest BCUT2D eigenvalue weighted by atomic mass is 10.2. The number of imidazole rings is 1. The second-order valence-electron chi connectivity index (χ2n) is 5.01. The smallest absolute Gasteiger partial charge is 0.165 e. The highest BCUT2D eigenvalue weighted by molar-refractivity contribution is 5.35. The van der Waals surface area contributed by atoms with Gasteiger partial charge < -0.3 is 14.6 Å². The topological polar surface area (TPSA) is 39.1 Å². The van der Waals surface area contributed by atoms with Gasteiger partial charge in [0.25, 0.3) is 0 Å². The summed E-state index contributed by atoms with van der Waals surface area (Å²) in [6.45, 7) is 4.92. The quantitative estimate of drug-likeness (QED) is 0.882. The van der Waals surface area contributed by atoms with Crippen LogP contribution < -0.4 is 10.1 Å². The van der Waals surface area contributed by atoms with E-state index >= 15 is 0 Å². The van der Waals surface area contributed by atoms with Gasteiger partial charge in [-0.05, 0) is 6.07 Å². The molecule has 0 unspecified atom stereocenters. The van der Waals surface area contributed by atoms with Gasteiger partial charge in [0, 0.05) is 37.6 Å². The van der Waals surface area contributed by atoms with E-state index in [1.54, 1.807) is 12.3 Å². The average Bonchev–Trinajstić information content (AvgIpc) is 2.81. The lowest BCUT2D eigenvalue weighted by Crippen LogP contribution is -2.22. The second kappa shape index (κ2) is 6.52. The van der Waals surface area contributed by atoms with Crippen molar-refractivity contribution < 1.29 is 9.13 Å². The summed E-state index contributed by atoms with van der Waals surface area (Å²) in [7, 11) is 1.88. The number of para-hydroxylation sites is 1. The predicted molar refractivity (Wildman–Crippen MR) is 75.9 cm³/mol. The van der Waals surface area contributed by atoms with E-state index in [0.717, 1.165) is 11.4 Å². The van der Waals surface area contributed by atoms with Crippen molar-refractivity contribution in [1.82, 2.24) is 14.9 Å². The largest absolute Gasteiger partial charge is 0.482 e. The molecule has 1 aromatic heterocycles. The molecule has 1 heterocycles. The van der Waals surface area contributed by atoms with Gasteiger partial charge in [-0.15, -0.1) is 0 Å². The number of nitrogens with one attached hydrogen (secondary N) is 1. The molecule has 0 atom stereocenters. The molecule has 2 rings (SSSR count). The molecule has 0 aliphatic rings. The summed E-state index contributed by atoms with van der Waals surface area (Å²) in [5, 5.41) is 3.27. The Morgan fingerprint density at radius 3 is 2.85 bits per heavy atom. The van der Waals surface area contributed by atoms with Crippen molar-refractivity contribution in [2.24, 2.45) is 7.05 Å². The molecule has 0 amide bonds. The first kappa shape index (κ1) is 14.5. The number of aryl methyl sites for hydroxylation is 1. The molecule has 0 bridgehead atoms. The first-order valence-electron chi connectivity index (χ1n) is 6.67. The summed E-state index contributed by atoms with van der Waals surface area (Å²) < 4.78 is 21.4. The van der Waals surface area contributed by atoms with Gasteiger partial charge in [-0.1, -0.05) is 26.0 Å². The second-order valence-corrected chi connectivity index (χ2v) is 5.01. The van der Waals surface area contributed by atoms with Crippen LogP contribution in [-0.4, -0.2) is 15.6 Å². The third-order valence-corrected chi connectivity index (χ3v) is 3.02. The Kier molecular flexibility index (Phi) is 4.74. The van der Waals surface area contributed by atoms with Crippen molar-refractivity contribution in [3.63, 3.8) is 0 Å². The summed E-state index contributed by atoms with van der Waals surface area (Å²) in [5.41, 5.74) is 0.813. The van der Waals surface area contributed by atoms with Crippen LogP contribution in [-0.2, 0) is 20.2 Å². The minimum atomic E-state index is -0.345. The van der Waals surface area contributed by atoms with Crippen LogP contribution in [0.5, 0.6) is 5.75 Å². The van der Waals surface area contributed by atoms with Gasteiger partial charge in [-0.2, -0.15) is 0 Å². The van der Waals surface area contributed by atoms with Crippen LogP contribution in [0.1, 0.15) is 25.2 Å². The van der Waals surface area contributed by atoms with Gasteiger partial charge >= 0.3 is 0 Å². The monoisotopic (exact) mass is 277 g/mol. The highest BCUT2D eigenvalue weighted by Gasteiger charge is 2.11. The molecular weight excluding hydrogens is 257 g/mol. The van der Waals surface area contributed by atoms with E-state index in [4.69, 9.17) is 4.74 Å². The molecule has 4 nitrogen and oxygen atoms in total. The predicted octanol–water partition coefficient (Wildman–Crippen LogP) is 2.64. The zero-order valence-electron chi connectivity index (χ0n) is 12.1. The summed E-state index contributed by atoms with van der Waals surface area (Å²) >= 11 is 0. The number of hydrogen-bond acceptors (Lipinski definition) is 3. The molecule has 0 aliphatic carbocycles. The SMILES string of the molecule is CC(C)NCc1cccc(F)c1OCc1nccn1C. The van der Waals surface area contributed by atoms with E-state index in [1.165, 1.54) is 6.07 Å². The molecule has 0 fully saturated rings. The highest BCUT2D eigenvalue weighted by atomic mass is 19.1. The van der Waals surface area contributed by atoms with Crippen LogP contribution in [0.15, 0.2) is 30.6 Å². The third-order valence-electron chi connectivity index (χ3n) is 3.02. The number of hydrogen-bond donors (Lipinski definition) is 1. The maximum absolute atomic E-state index is 13.9. The fourth-order valence-electron chi connectivity index (χ4n) is 1.84. The van der Waals surface area contributed by atoms with Crippen LogP contribution in [0, 0.1) is 5.82 Å². The number of benzene rings is 1. The molecule has 0 aliphatic heterocycles. The standard InChI is InChI=1S/C15H20FN3O/c1-11(2)18-9-12-5-4-6-13(16)15(12)20-10-14-17-7-8-19(14)3/h4-8,11,18H,9-10H2,1-3H3. The summed E-state index contributed by atoms with van der Waals surface area (Å²) in [6.07, 6.45) is 3.53. The first-order valence-corrected chi connectivity index (χ1v) is 6.67. The Labute approximate surface area is 118 Å². The number of ether oxygens (including phenoxy) is 1. The highest BCUT2D eigenvalue weighted by Crippen LogP contribution is 2.23. The van der Waals surface area contributed by atoms with Gasteiger partial charge in [0.1, 0.15) is 12.4 Å². The van der Waals surface area contributed by atoms with E-state index in [1.807, 2.05) is 37.7 Å². The van der Waals surface area contributed by atoms with Crippen LogP contribution in [0.2, 0.25) is 0 Å². The normalized spacial score (nSPS) is 11.1. The fraction of sp³-hybridized carbons (Fsp3) is 0.400. The Morgan fingerprint density at radius 1 is 1.40 bits per heavy atom. The molecule has 0 saturated carbocycles. The van der Waals surface area contributed by atoms with Crippen molar-refractivity contribution in [2.75, 3.05) is 0 Å². The zero-order valence-corrected chi connectivity index (χ0v) is 12.1. The van der Waals surface area contributed by atoms with Crippen molar-refractivity contribution in [3.8, 4) is 5.75 Å². The molecule has 1 aromatic carbocycles. The van der Waals surface area contributed by atoms with Crippen LogP contribution in [0.3, 0.4) is 0 Å². The molecule has 1 N–H and O–H groups in total. The summed E-state index contributed by atoms with van der Waals surface area (Å²) in [5.74, 6) is 0.710. The zero-order chi connectivity index (χ0) is 14.5. The summed E-state index contributed by atoms with van der Waals surface area (Å²) in [6, 6.07) is 5.31. The molecule has 0 radical (unpaired) electrons. The first-order chi connectivity index (χ1) is 9.58. The minimum absolute atomic E-state index is 0.249. The Hall–Kier alpha value is -1.88. The molecule has 20 heavy (non-hydrogen) atoms. The fourth-order valence-corrected chi connectivity index (χ4v) is 1.84. The third kappa shape index (κ3) is 3.57. The van der Waals surface area contributed by atoms with Gasteiger partial charge in [0.15, 0.2) is 11.6 Å². The Balaban J connectivity index is 2.11. The molecule has 2 aromatic rings. The maximum Gasteiger partial charge on any atom is 0.165 e. The number of nitrogens with zero attached hydrogens (tertiary/aromatic N) is 2. The van der Waals surface area contributed by atoms with E-state index < -0.39 is 0 Å². The molecule has 5 heteroatoms. The van der Waals surface area contributed by atoms with E-state index in [2.05, 4.69) is 10.3 Å². The van der Waals surface area contributed by atoms with E-state index in [9.17, 15) is 4.39 Å². The number of halogens is 1. The molecule has 0 saturated heterocycles. The van der Waals surface area contributed by atoms with Gasteiger partial charge in [-0.3, -0.25) is 0 Å². The van der Waals surface area contributed by atoms with Gasteiger partial charge in [0.2, 0.25) is 0 Å². The number of rotatable bonds is 6. The maximum atomic E-state index is 13.9. The van der Waals surface area contributed by atoms with Crippen LogP contribution in [0.25, 0.3) is 0 Å². The molecule has 0 spiro atoms. The lowest BCUT2D eigenvalue weighted by molar-refractivity contribution is 0.273. The lowest BCUT2D eigenvalue weighted by Gasteiger charge is -2.14. The van der Waals surface area contributed by atoms with Crippen LogP contribution in [0.4, 0.5) is 4.39 Å². The van der Waals surface area contributed by atoms with Gasteiger partial charge in [0.05, 0.1) is 0 Å². The minimum Gasteiger partial charge on any atom is -0.482 e. The van der Waals surface area contributed by atoms with E-state index in [0.29, 0.717) is 18.3 Å². The molecular formula is C15H20FN3O. The number of aromatic nitrogens is 2. The van der Waals surface area contributed by atoms with Crippen molar-refractivity contribution in [2.45, 2.75) is 33.0 Å². The van der Waals surface area contributed by atoms with Crippen molar-refractivity contribution in [1.29, 1.82) is 0 Å². The Morgan fingerprint density at radius 2 is 2.20 bits per heavy atom.